The maximum Gasteiger partial charge on any atom is 0.0424 e. The maximum atomic E-state index is 5.87. The van der Waals surface area contributed by atoms with Crippen LogP contribution in [-0.4, -0.2) is 26.2 Å². The van der Waals surface area contributed by atoms with Crippen molar-refractivity contribution in [3.63, 3.8) is 0 Å². The van der Waals surface area contributed by atoms with Crippen LogP contribution in [0.1, 0.15) is 5.56 Å². The number of hydrogen-bond donors (Lipinski definition) is 1. The molecule has 1 heterocycles. The van der Waals surface area contributed by atoms with E-state index in [1.165, 1.54) is 16.9 Å². The van der Waals surface area contributed by atoms with Crippen molar-refractivity contribution < 1.29 is 0 Å². The van der Waals surface area contributed by atoms with E-state index in [1.807, 2.05) is 0 Å². The summed E-state index contributed by atoms with van der Waals surface area (Å²) in [5.74, 6) is 0. The standard InChI is InChI=1S/C17H20BrN3/c18-15-7-6-14(13-19)17(12-15)21-10-8-20(9-11-21)16-4-2-1-3-5-16/h1-7,12H,8-11,13,19H2. The highest BCUT2D eigenvalue weighted by Gasteiger charge is 2.19. The average Bonchev–Trinajstić information content (AvgIpc) is 2.56. The lowest BCUT2D eigenvalue weighted by molar-refractivity contribution is 0.651. The number of para-hydroxylation sites is 1. The Labute approximate surface area is 134 Å². The zero-order valence-electron chi connectivity index (χ0n) is 12.0. The van der Waals surface area contributed by atoms with Gasteiger partial charge in [-0.15, -0.1) is 0 Å². The van der Waals surface area contributed by atoms with Gasteiger partial charge in [-0.1, -0.05) is 40.2 Å². The van der Waals surface area contributed by atoms with Crippen molar-refractivity contribution in [1.82, 2.24) is 0 Å². The summed E-state index contributed by atoms with van der Waals surface area (Å²) in [5, 5.41) is 0. The number of halogens is 1. The summed E-state index contributed by atoms with van der Waals surface area (Å²) in [5.41, 5.74) is 9.66. The van der Waals surface area contributed by atoms with Gasteiger partial charge < -0.3 is 15.5 Å². The monoisotopic (exact) mass is 345 g/mol. The quantitative estimate of drug-likeness (QED) is 0.926. The summed E-state index contributed by atoms with van der Waals surface area (Å²) < 4.78 is 1.11. The highest BCUT2D eigenvalue weighted by atomic mass is 79.9. The Morgan fingerprint density at radius 1 is 0.905 bits per heavy atom. The molecule has 4 heteroatoms. The van der Waals surface area contributed by atoms with Gasteiger partial charge in [-0.05, 0) is 29.8 Å². The fraction of sp³-hybridized carbons (Fsp3) is 0.294. The summed E-state index contributed by atoms with van der Waals surface area (Å²) >= 11 is 3.56. The van der Waals surface area contributed by atoms with Crippen LogP contribution < -0.4 is 15.5 Å². The molecule has 0 unspecified atom stereocenters. The van der Waals surface area contributed by atoms with Crippen LogP contribution in [0.3, 0.4) is 0 Å². The Hall–Kier alpha value is -1.52. The fourth-order valence-corrected chi connectivity index (χ4v) is 3.20. The Morgan fingerprint density at radius 2 is 1.57 bits per heavy atom. The molecule has 110 valence electrons. The van der Waals surface area contributed by atoms with E-state index in [-0.39, 0.29) is 0 Å². The van der Waals surface area contributed by atoms with E-state index >= 15 is 0 Å². The van der Waals surface area contributed by atoms with Crippen molar-refractivity contribution in [3.8, 4) is 0 Å². The van der Waals surface area contributed by atoms with Crippen molar-refractivity contribution in [2.75, 3.05) is 36.0 Å². The molecule has 2 N–H and O–H groups in total. The average molecular weight is 346 g/mol. The highest BCUT2D eigenvalue weighted by Crippen LogP contribution is 2.27. The largest absolute Gasteiger partial charge is 0.368 e. The molecule has 21 heavy (non-hydrogen) atoms. The van der Waals surface area contributed by atoms with Gasteiger partial charge in [-0.3, -0.25) is 0 Å². The summed E-state index contributed by atoms with van der Waals surface area (Å²) in [6, 6.07) is 17.0. The molecule has 2 aromatic carbocycles. The van der Waals surface area contributed by atoms with Gasteiger partial charge in [0.1, 0.15) is 0 Å². The Morgan fingerprint density at radius 3 is 2.24 bits per heavy atom. The van der Waals surface area contributed by atoms with E-state index in [0.29, 0.717) is 6.54 Å². The van der Waals surface area contributed by atoms with Crippen LogP contribution >= 0.6 is 15.9 Å². The minimum atomic E-state index is 0.585. The third-order valence-electron chi connectivity index (χ3n) is 4.01. The lowest BCUT2D eigenvalue weighted by Gasteiger charge is -2.38. The van der Waals surface area contributed by atoms with Crippen LogP contribution in [0.5, 0.6) is 0 Å². The zero-order valence-corrected chi connectivity index (χ0v) is 13.6. The smallest absolute Gasteiger partial charge is 0.0424 e. The number of benzene rings is 2. The van der Waals surface area contributed by atoms with E-state index < -0.39 is 0 Å². The Balaban J connectivity index is 1.73. The third-order valence-corrected chi connectivity index (χ3v) is 4.50. The molecule has 0 radical (unpaired) electrons. The molecule has 0 atom stereocenters. The second-order valence-corrected chi connectivity index (χ2v) is 6.20. The van der Waals surface area contributed by atoms with Gasteiger partial charge in [0, 0.05) is 48.6 Å². The normalized spacial score (nSPS) is 15.3. The van der Waals surface area contributed by atoms with Gasteiger partial charge in [-0.25, -0.2) is 0 Å². The molecule has 0 saturated carbocycles. The second kappa shape index (κ2) is 6.50. The van der Waals surface area contributed by atoms with Gasteiger partial charge in [-0.2, -0.15) is 0 Å². The number of hydrogen-bond acceptors (Lipinski definition) is 3. The first-order valence-electron chi connectivity index (χ1n) is 7.31. The molecular weight excluding hydrogens is 326 g/mol. The first-order chi connectivity index (χ1) is 10.3. The minimum absolute atomic E-state index is 0.585. The lowest BCUT2D eigenvalue weighted by Crippen LogP contribution is -2.46. The summed E-state index contributed by atoms with van der Waals surface area (Å²) in [6.45, 7) is 4.72. The Kier molecular flexibility index (Phi) is 4.46. The zero-order chi connectivity index (χ0) is 14.7. The third kappa shape index (κ3) is 3.22. The predicted molar refractivity (Wildman–Crippen MR) is 92.9 cm³/mol. The van der Waals surface area contributed by atoms with Crippen LogP contribution in [0.4, 0.5) is 11.4 Å². The number of nitrogens with zero attached hydrogens (tertiary/aromatic N) is 2. The van der Waals surface area contributed by atoms with E-state index in [4.69, 9.17) is 5.73 Å². The van der Waals surface area contributed by atoms with E-state index in [0.717, 1.165) is 30.7 Å². The SMILES string of the molecule is NCc1ccc(Br)cc1N1CCN(c2ccccc2)CC1. The van der Waals surface area contributed by atoms with Gasteiger partial charge in [0.05, 0.1) is 0 Å². The molecule has 1 fully saturated rings. The Bertz CT molecular complexity index is 592. The van der Waals surface area contributed by atoms with Crippen molar-refractivity contribution in [2.45, 2.75) is 6.54 Å². The van der Waals surface area contributed by atoms with Crippen molar-refractivity contribution in [3.05, 3.63) is 58.6 Å². The van der Waals surface area contributed by atoms with Crippen molar-refractivity contribution >= 4 is 27.3 Å². The summed E-state index contributed by atoms with van der Waals surface area (Å²) in [7, 11) is 0. The molecule has 3 nitrogen and oxygen atoms in total. The molecule has 0 amide bonds. The molecular formula is C17H20BrN3. The lowest BCUT2D eigenvalue weighted by atomic mass is 10.1. The number of rotatable bonds is 3. The van der Waals surface area contributed by atoms with Crippen LogP contribution in [0.2, 0.25) is 0 Å². The van der Waals surface area contributed by atoms with Gasteiger partial charge in [0.25, 0.3) is 0 Å². The van der Waals surface area contributed by atoms with Crippen LogP contribution in [-0.2, 0) is 6.54 Å². The predicted octanol–water partition coefficient (Wildman–Crippen LogP) is 3.23. The molecule has 0 spiro atoms. The van der Waals surface area contributed by atoms with Crippen LogP contribution in [0.25, 0.3) is 0 Å². The first-order valence-corrected chi connectivity index (χ1v) is 8.10. The maximum absolute atomic E-state index is 5.87. The van der Waals surface area contributed by atoms with Crippen molar-refractivity contribution in [2.24, 2.45) is 5.73 Å². The summed E-state index contributed by atoms with van der Waals surface area (Å²) in [6.07, 6.45) is 0. The minimum Gasteiger partial charge on any atom is -0.368 e. The molecule has 0 bridgehead atoms. The summed E-state index contributed by atoms with van der Waals surface area (Å²) in [4.78, 5) is 4.88. The molecule has 1 saturated heterocycles. The van der Waals surface area contributed by atoms with Gasteiger partial charge >= 0.3 is 0 Å². The fourth-order valence-electron chi connectivity index (χ4n) is 2.85. The number of anilines is 2. The molecule has 3 rings (SSSR count). The number of nitrogens with two attached hydrogens (primary N) is 1. The molecule has 0 aromatic heterocycles. The van der Waals surface area contributed by atoms with Crippen LogP contribution in [0.15, 0.2) is 53.0 Å². The number of piperazine rings is 1. The van der Waals surface area contributed by atoms with Gasteiger partial charge in [0.15, 0.2) is 0 Å². The first kappa shape index (κ1) is 14.4. The van der Waals surface area contributed by atoms with Gasteiger partial charge in [0.2, 0.25) is 0 Å². The van der Waals surface area contributed by atoms with E-state index in [2.05, 4.69) is 74.3 Å². The molecule has 0 aliphatic carbocycles. The topological polar surface area (TPSA) is 32.5 Å². The van der Waals surface area contributed by atoms with E-state index in [9.17, 15) is 0 Å². The van der Waals surface area contributed by atoms with Crippen molar-refractivity contribution in [1.29, 1.82) is 0 Å². The van der Waals surface area contributed by atoms with Crippen LogP contribution in [0, 0.1) is 0 Å². The molecule has 1 aliphatic heterocycles. The van der Waals surface area contributed by atoms with E-state index in [1.54, 1.807) is 0 Å². The molecule has 2 aromatic rings. The second-order valence-electron chi connectivity index (χ2n) is 5.29. The highest BCUT2D eigenvalue weighted by molar-refractivity contribution is 9.10. The molecule has 1 aliphatic rings.